The third-order valence-corrected chi connectivity index (χ3v) is 3.89. The summed E-state index contributed by atoms with van der Waals surface area (Å²) in [6.07, 6.45) is 0. The topological polar surface area (TPSA) is 95.7 Å². The Morgan fingerprint density at radius 1 is 1.15 bits per heavy atom. The number of nitrogens with one attached hydrogen (secondary N) is 3. The predicted molar refractivity (Wildman–Crippen MR) is 103 cm³/mol. The van der Waals surface area contributed by atoms with E-state index in [1.807, 2.05) is 6.07 Å². The first-order chi connectivity index (χ1) is 12.9. The number of hydrogen-bond donors (Lipinski definition) is 3. The van der Waals surface area contributed by atoms with E-state index in [9.17, 15) is 9.59 Å². The minimum atomic E-state index is -0.319. The molecule has 1 unspecified atom stereocenters. The Hall–Kier alpha value is -3.08. The molecule has 3 N–H and O–H groups in total. The van der Waals surface area contributed by atoms with Crippen molar-refractivity contribution in [1.29, 1.82) is 5.26 Å². The number of benzene rings is 2. The molecule has 140 valence electrons. The van der Waals surface area contributed by atoms with Crippen LogP contribution in [0.25, 0.3) is 0 Å². The van der Waals surface area contributed by atoms with Crippen molar-refractivity contribution in [3.8, 4) is 11.8 Å². The summed E-state index contributed by atoms with van der Waals surface area (Å²) in [5, 5.41) is 14.9. The van der Waals surface area contributed by atoms with Gasteiger partial charge in [0.25, 0.3) is 11.8 Å². The molecule has 27 heavy (non-hydrogen) atoms. The first-order valence-electron chi connectivity index (χ1n) is 8.16. The zero-order chi connectivity index (χ0) is 19.8. The maximum absolute atomic E-state index is 12.2. The van der Waals surface area contributed by atoms with E-state index >= 15 is 0 Å². The molecule has 2 amide bonds. The lowest BCUT2D eigenvalue weighted by Crippen LogP contribution is -3.11. The fourth-order valence-electron chi connectivity index (χ4n) is 2.43. The summed E-state index contributed by atoms with van der Waals surface area (Å²) in [6.45, 7) is 0.161. The molecule has 2 aromatic rings. The fourth-order valence-corrected chi connectivity index (χ4v) is 2.60. The van der Waals surface area contributed by atoms with Gasteiger partial charge < -0.3 is 20.3 Å². The Morgan fingerprint density at radius 3 is 2.52 bits per heavy atom. The van der Waals surface area contributed by atoms with Crippen LogP contribution < -0.4 is 20.3 Å². The third kappa shape index (κ3) is 6.29. The molecule has 2 aromatic carbocycles. The number of methoxy groups -OCH3 is 1. The SMILES string of the molecule is COc1cccc(NC(=O)C[NH+](C)CC(=O)Nc2cc(Cl)ccc2C#N)c1. The second-order valence-corrected chi connectivity index (χ2v) is 6.38. The Morgan fingerprint density at radius 2 is 1.85 bits per heavy atom. The largest absolute Gasteiger partial charge is 0.497 e. The van der Waals surface area contributed by atoms with Crippen LogP contribution in [0.5, 0.6) is 5.75 Å². The number of quaternary nitrogens is 1. The highest BCUT2D eigenvalue weighted by Gasteiger charge is 2.16. The van der Waals surface area contributed by atoms with Gasteiger partial charge in [-0.1, -0.05) is 17.7 Å². The molecule has 0 spiro atoms. The van der Waals surface area contributed by atoms with E-state index in [0.29, 0.717) is 32.6 Å². The average molecular weight is 388 g/mol. The molecule has 0 radical (unpaired) electrons. The number of nitrogens with zero attached hydrogens (tertiary/aromatic N) is 1. The van der Waals surface area contributed by atoms with Gasteiger partial charge in [0.1, 0.15) is 11.8 Å². The van der Waals surface area contributed by atoms with E-state index < -0.39 is 0 Å². The van der Waals surface area contributed by atoms with E-state index in [1.54, 1.807) is 44.5 Å². The highest BCUT2D eigenvalue weighted by molar-refractivity contribution is 6.31. The number of nitriles is 1. The fraction of sp³-hybridized carbons (Fsp3) is 0.211. The van der Waals surface area contributed by atoms with Gasteiger partial charge in [-0.15, -0.1) is 0 Å². The van der Waals surface area contributed by atoms with E-state index in [-0.39, 0.29) is 24.9 Å². The predicted octanol–water partition coefficient (Wildman–Crippen LogP) is 1.31. The van der Waals surface area contributed by atoms with Gasteiger partial charge in [0.15, 0.2) is 13.1 Å². The number of carbonyl (C=O) groups is 2. The van der Waals surface area contributed by atoms with E-state index in [1.165, 1.54) is 12.1 Å². The summed E-state index contributed by atoms with van der Waals surface area (Å²) in [5.74, 6) is 0.0946. The normalized spacial score (nSPS) is 11.2. The molecule has 2 rings (SSSR count). The molecule has 0 bridgehead atoms. The monoisotopic (exact) mass is 387 g/mol. The van der Waals surface area contributed by atoms with E-state index in [4.69, 9.17) is 21.6 Å². The van der Waals surface area contributed by atoms with Gasteiger partial charge in [-0.3, -0.25) is 9.59 Å². The number of hydrogen-bond acceptors (Lipinski definition) is 4. The van der Waals surface area contributed by atoms with Gasteiger partial charge in [-0.05, 0) is 30.3 Å². The van der Waals surface area contributed by atoms with Crippen LogP contribution in [0.4, 0.5) is 11.4 Å². The van der Waals surface area contributed by atoms with Crippen molar-refractivity contribution < 1.29 is 19.2 Å². The van der Waals surface area contributed by atoms with Crippen molar-refractivity contribution in [2.75, 3.05) is 37.9 Å². The van der Waals surface area contributed by atoms with Crippen molar-refractivity contribution in [2.24, 2.45) is 0 Å². The van der Waals surface area contributed by atoms with Crippen LogP contribution in [0, 0.1) is 11.3 Å². The number of anilines is 2. The van der Waals surface area contributed by atoms with Crippen molar-refractivity contribution in [3.05, 3.63) is 53.1 Å². The van der Waals surface area contributed by atoms with Crippen LogP contribution in [-0.2, 0) is 9.59 Å². The number of ether oxygens (including phenoxy) is 1. The standard InChI is InChI=1S/C19H19ClN4O3/c1-24(11-18(25)22-15-4-3-5-16(9-15)27-2)12-19(26)23-17-8-14(20)7-6-13(17)10-21/h3-9H,11-12H2,1-2H3,(H,22,25)(H,23,26)/p+1. The second kappa shape index (κ2) is 9.57. The smallest absolute Gasteiger partial charge is 0.279 e. The lowest BCUT2D eigenvalue weighted by atomic mass is 10.2. The molecular weight excluding hydrogens is 368 g/mol. The van der Waals surface area contributed by atoms with Gasteiger partial charge in [-0.2, -0.15) is 5.26 Å². The van der Waals surface area contributed by atoms with Crippen LogP contribution in [0.15, 0.2) is 42.5 Å². The molecule has 0 aliphatic rings. The average Bonchev–Trinajstić information content (AvgIpc) is 2.61. The highest BCUT2D eigenvalue weighted by Crippen LogP contribution is 2.20. The minimum Gasteiger partial charge on any atom is -0.497 e. The lowest BCUT2D eigenvalue weighted by molar-refractivity contribution is -0.862. The highest BCUT2D eigenvalue weighted by atomic mass is 35.5. The summed E-state index contributed by atoms with van der Waals surface area (Å²) < 4.78 is 5.11. The molecule has 8 heteroatoms. The van der Waals surface area contributed by atoms with Gasteiger partial charge in [0.05, 0.1) is 25.4 Å². The Bertz CT molecular complexity index is 879. The van der Waals surface area contributed by atoms with Crippen LogP contribution in [0.3, 0.4) is 0 Å². The van der Waals surface area contributed by atoms with Crippen LogP contribution >= 0.6 is 11.6 Å². The van der Waals surface area contributed by atoms with Crippen molar-refractivity contribution in [1.82, 2.24) is 0 Å². The number of rotatable bonds is 7. The van der Waals surface area contributed by atoms with Crippen LogP contribution in [0.1, 0.15) is 5.56 Å². The first kappa shape index (κ1) is 20.2. The summed E-state index contributed by atoms with van der Waals surface area (Å²) >= 11 is 5.90. The number of amides is 2. The maximum atomic E-state index is 12.2. The molecule has 0 saturated carbocycles. The zero-order valence-corrected chi connectivity index (χ0v) is 15.8. The molecule has 7 nitrogen and oxygen atoms in total. The molecule has 0 heterocycles. The zero-order valence-electron chi connectivity index (χ0n) is 15.0. The second-order valence-electron chi connectivity index (χ2n) is 5.94. The molecule has 1 atom stereocenters. The summed E-state index contributed by atoms with van der Waals surface area (Å²) in [5.41, 5.74) is 1.29. The van der Waals surface area contributed by atoms with E-state index in [2.05, 4.69) is 10.6 Å². The lowest BCUT2D eigenvalue weighted by Gasteiger charge is -2.14. The van der Waals surface area contributed by atoms with Crippen molar-refractivity contribution in [2.45, 2.75) is 0 Å². The summed E-state index contributed by atoms with van der Waals surface area (Å²) in [7, 11) is 3.28. The molecule has 0 fully saturated rings. The summed E-state index contributed by atoms with van der Waals surface area (Å²) in [6, 6.07) is 13.7. The van der Waals surface area contributed by atoms with Gasteiger partial charge in [0.2, 0.25) is 0 Å². The van der Waals surface area contributed by atoms with E-state index in [0.717, 1.165) is 0 Å². The van der Waals surface area contributed by atoms with Gasteiger partial charge in [0, 0.05) is 16.8 Å². The Kier molecular flexibility index (Phi) is 7.17. The van der Waals surface area contributed by atoms with Crippen molar-refractivity contribution in [3.63, 3.8) is 0 Å². The third-order valence-electron chi connectivity index (χ3n) is 3.65. The Balaban J connectivity index is 1.88. The quantitative estimate of drug-likeness (QED) is 0.667. The van der Waals surface area contributed by atoms with Gasteiger partial charge in [-0.25, -0.2) is 0 Å². The van der Waals surface area contributed by atoms with Gasteiger partial charge >= 0.3 is 0 Å². The van der Waals surface area contributed by atoms with Crippen molar-refractivity contribution >= 4 is 34.8 Å². The maximum Gasteiger partial charge on any atom is 0.279 e. The minimum absolute atomic E-state index is 0.0584. The Labute approximate surface area is 162 Å². The first-order valence-corrected chi connectivity index (χ1v) is 8.53. The van der Waals surface area contributed by atoms with Crippen LogP contribution in [0.2, 0.25) is 5.02 Å². The molecule has 0 aromatic heterocycles. The molecule has 0 aliphatic heterocycles. The molecular formula is C19H20ClN4O3+. The number of carbonyl (C=O) groups excluding carboxylic acids is 2. The van der Waals surface area contributed by atoms with Crippen LogP contribution in [-0.4, -0.2) is 39.1 Å². The molecule has 0 saturated heterocycles. The number of halogens is 1. The number of likely N-dealkylation sites (N-methyl/N-ethyl adjacent to an activating group) is 1. The molecule has 0 aliphatic carbocycles. The summed E-state index contributed by atoms with van der Waals surface area (Å²) in [4.78, 5) is 25.0.